The summed E-state index contributed by atoms with van der Waals surface area (Å²) in [7, 11) is 1.62. The zero-order valence-corrected chi connectivity index (χ0v) is 12.7. The van der Waals surface area contributed by atoms with E-state index >= 15 is 0 Å². The Bertz CT molecular complexity index is 778. The van der Waals surface area contributed by atoms with Gasteiger partial charge in [-0.2, -0.15) is 0 Å². The van der Waals surface area contributed by atoms with E-state index in [0.29, 0.717) is 12.0 Å². The lowest BCUT2D eigenvalue weighted by molar-refractivity contribution is 0.306. The van der Waals surface area contributed by atoms with Gasteiger partial charge in [-0.3, -0.25) is 0 Å². The Morgan fingerprint density at radius 3 is 2.45 bits per heavy atom. The van der Waals surface area contributed by atoms with Gasteiger partial charge in [0, 0.05) is 23.7 Å². The first kappa shape index (κ1) is 14.4. The Kier molecular flexibility index (Phi) is 4.00. The highest BCUT2D eigenvalue weighted by molar-refractivity contribution is 5.84. The maximum Gasteiger partial charge on any atom is 0.132 e. The molecule has 1 aromatic heterocycles. The molecule has 0 atom stereocenters. The third-order valence-electron chi connectivity index (χ3n) is 3.73. The van der Waals surface area contributed by atoms with Crippen LogP contribution in [-0.2, 0) is 13.2 Å². The van der Waals surface area contributed by atoms with Crippen LogP contribution in [-0.4, -0.2) is 11.7 Å². The van der Waals surface area contributed by atoms with Crippen LogP contribution in [0, 0.1) is 5.82 Å². The highest BCUT2D eigenvalue weighted by atomic mass is 19.1. The maximum atomic E-state index is 14.1. The van der Waals surface area contributed by atoms with Gasteiger partial charge >= 0.3 is 0 Å². The first-order valence-corrected chi connectivity index (χ1v) is 7.26. The van der Waals surface area contributed by atoms with Crippen molar-refractivity contribution in [2.75, 3.05) is 7.11 Å². The standard InChI is InChI=1S/C18H18FNO2/c1-3-20-11-13(18-16(19)5-4-6-17(18)20)12-22-15-9-7-14(21-2)8-10-15/h4-11H,3,12H2,1-2H3. The Labute approximate surface area is 128 Å². The summed E-state index contributed by atoms with van der Waals surface area (Å²) in [6.45, 7) is 3.16. The molecule has 3 aromatic rings. The third-order valence-corrected chi connectivity index (χ3v) is 3.73. The summed E-state index contributed by atoms with van der Waals surface area (Å²) in [5.41, 5.74) is 1.75. The topological polar surface area (TPSA) is 23.4 Å². The van der Waals surface area contributed by atoms with Crippen molar-refractivity contribution in [3.63, 3.8) is 0 Å². The molecule has 3 nitrogen and oxygen atoms in total. The van der Waals surface area contributed by atoms with Crippen LogP contribution in [0.3, 0.4) is 0 Å². The number of rotatable bonds is 5. The van der Waals surface area contributed by atoms with Crippen LogP contribution in [0.5, 0.6) is 11.5 Å². The molecule has 2 aromatic carbocycles. The summed E-state index contributed by atoms with van der Waals surface area (Å²) in [4.78, 5) is 0. The molecule has 0 unspecified atom stereocenters. The number of hydrogen-bond donors (Lipinski definition) is 0. The molecular formula is C18H18FNO2. The van der Waals surface area contributed by atoms with E-state index in [2.05, 4.69) is 0 Å². The van der Waals surface area contributed by atoms with Gasteiger partial charge < -0.3 is 14.0 Å². The molecule has 0 radical (unpaired) electrons. The summed E-state index contributed by atoms with van der Waals surface area (Å²) in [5, 5.41) is 0.637. The number of fused-ring (bicyclic) bond motifs is 1. The number of ether oxygens (including phenoxy) is 2. The second-order valence-corrected chi connectivity index (χ2v) is 5.04. The number of methoxy groups -OCH3 is 1. The van der Waals surface area contributed by atoms with Crippen molar-refractivity contribution in [3.8, 4) is 11.5 Å². The van der Waals surface area contributed by atoms with E-state index in [9.17, 15) is 4.39 Å². The van der Waals surface area contributed by atoms with Crippen LogP contribution in [0.1, 0.15) is 12.5 Å². The molecule has 0 aliphatic carbocycles. The van der Waals surface area contributed by atoms with Crippen molar-refractivity contribution in [1.29, 1.82) is 0 Å². The Morgan fingerprint density at radius 2 is 1.77 bits per heavy atom. The zero-order valence-electron chi connectivity index (χ0n) is 12.7. The summed E-state index contributed by atoms with van der Waals surface area (Å²) in [6, 6.07) is 12.5. The van der Waals surface area contributed by atoms with Crippen molar-refractivity contribution in [2.45, 2.75) is 20.1 Å². The molecule has 3 rings (SSSR count). The van der Waals surface area contributed by atoms with E-state index < -0.39 is 0 Å². The molecule has 0 fully saturated rings. The molecule has 0 aliphatic heterocycles. The van der Waals surface area contributed by atoms with E-state index in [0.717, 1.165) is 29.1 Å². The SMILES string of the molecule is CCn1cc(COc2ccc(OC)cc2)c2c(F)cccc21. The lowest BCUT2D eigenvalue weighted by Gasteiger charge is -2.06. The molecular weight excluding hydrogens is 281 g/mol. The highest BCUT2D eigenvalue weighted by Gasteiger charge is 2.12. The first-order valence-electron chi connectivity index (χ1n) is 7.26. The Morgan fingerprint density at radius 1 is 1.05 bits per heavy atom. The summed E-state index contributed by atoms with van der Waals surface area (Å²) in [6.07, 6.45) is 1.96. The second kappa shape index (κ2) is 6.10. The minimum atomic E-state index is -0.210. The quantitative estimate of drug-likeness (QED) is 0.697. The van der Waals surface area contributed by atoms with Gasteiger partial charge in [0.15, 0.2) is 0 Å². The largest absolute Gasteiger partial charge is 0.497 e. The molecule has 0 amide bonds. The fourth-order valence-electron chi connectivity index (χ4n) is 2.60. The normalized spacial score (nSPS) is 10.9. The monoisotopic (exact) mass is 299 g/mol. The van der Waals surface area contributed by atoms with Gasteiger partial charge in [0.2, 0.25) is 0 Å². The van der Waals surface area contributed by atoms with Crippen LogP contribution in [0.25, 0.3) is 10.9 Å². The average Bonchev–Trinajstić information content (AvgIpc) is 2.93. The van der Waals surface area contributed by atoms with Gasteiger partial charge in [-0.25, -0.2) is 4.39 Å². The number of hydrogen-bond acceptors (Lipinski definition) is 2. The van der Waals surface area contributed by atoms with Crippen LogP contribution < -0.4 is 9.47 Å². The number of nitrogens with zero attached hydrogens (tertiary/aromatic N) is 1. The third kappa shape index (κ3) is 2.64. The fourth-order valence-corrected chi connectivity index (χ4v) is 2.60. The average molecular weight is 299 g/mol. The minimum absolute atomic E-state index is 0.210. The maximum absolute atomic E-state index is 14.1. The number of aryl methyl sites for hydroxylation is 1. The first-order chi connectivity index (χ1) is 10.7. The molecule has 1 heterocycles. The molecule has 0 bridgehead atoms. The predicted molar refractivity (Wildman–Crippen MR) is 84.9 cm³/mol. The van der Waals surface area contributed by atoms with Gasteiger partial charge in [-0.1, -0.05) is 6.07 Å². The summed E-state index contributed by atoms with van der Waals surface area (Å²) >= 11 is 0. The minimum Gasteiger partial charge on any atom is -0.497 e. The Hall–Kier alpha value is -2.49. The molecule has 0 N–H and O–H groups in total. The lowest BCUT2D eigenvalue weighted by Crippen LogP contribution is -1.95. The van der Waals surface area contributed by atoms with Gasteiger partial charge in [0.25, 0.3) is 0 Å². The van der Waals surface area contributed by atoms with Crippen molar-refractivity contribution >= 4 is 10.9 Å². The number of benzene rings is 2. The summed E-state index contributed by atoms with van der Waals surface area (Å²) in [5.74, 6) is 1.30. The molecule has 0 spiro atoms. The molecule has 0 saturated carbocycles. The van der Waals surface area contributed by atoms with Crippen LogP contribution >= 0.6 is 0 Å². The van der Waals surface area contributed by atoms with E-state index in [1.165, 1.54) is 6.07 Å². The second-order valence-electron chi connectivity index (χ2n) is 5.04. The van der Waals surface area contributed by atoms with Crippen LogP contribution in [0.15, 0.2) is 48.7 Å². The van der Waals surface area contributed by atoms with Gasteiger partial charge in [-0.05, 0) is 43.3 Å². The van der Waals surface area contributed by atoms with Crippen LogP contribution in [0.2, 0.25) is 0 Å². The van der Waals surface area contributed by atoms with Gasteiger partial charge in [0.1, 0.15) is 23.9 Å². The zero-order chi connectivity index (χ0) is 15.5. The van der Waals surface area contributed by atoms with E-state index in [4.69, 9.17) is 9.47 Å². The molecule has 114 valence electrons. The number of aromatic nitrogens is 1. The van der Waals surface area contributed by atoms with Crippen molar-refractivity contribution < 1.29 is 13.9 Å². The molecule has 22 heavy (non-hydrogen) atoms. The fraction of sp³-hybridized carbons (Fsp3) is 0.222. The van der Waals surface area contributed by atoms with Crippen molar-refractivity contribution in [2.24, 2.45) is 0 Å². The van der Waals surface area contributed by atoms with Crippen LogP contribution in [0.4, 0.5) is 4.39 Å². The van der Waals surface area contributed by atoms with Crippen molar-refractivity contribution in [3.05, 3.63) is 60.0 Å². The summed E-state index contributed by atoms with van der Waals surface area (Å²) < 4.78 is 27.1. The van der Waals surface area contributed by atoms with Gasteiger partial charge in [0.05, 0.1) is 12.6 Å². The number of halogens is 1. The highest BCUT2D eigenvalue weighted by Crippen LogP contribution is 2.26. The molecule has 4 heteroatoms. The molecule has 0 aliphatic rings. The van der Waals surface area contributed by atoms with E-state index in [-0.39, 0.29) is 5.82 Å². The van der Waals surface area contributed by atoms with E-state index in [1.807, 2.05) is 48.0 Å². The van der Waals surface area contributed by atoms with Gasteiger partial charge in [-0.15, -0.1) is 0 Å². The predicted octanol–water partition coefficient (Wildman–Crippen LogP) is 4.39. The smallest absolute Gasteiger partial charge is 0.132 e. The molecule has 0 saturated heterocycles. The lowest BCUT2D eigenvalue weighted by atomic mass is 10.2. The van der Waals surface area contributed by atoms with Crippen molar-refractivity contribution in [1.82, 2.24) is 4.57 Å². The Balaban J connectivity index is 1.87. The van der Waals surface area contributed by atoms with E-state index in [1.54, 1.807) is 13.2 Å².